The fraction of sp³-hybridized carbons (Fsp3) is 0.231. The molecule has 0 aliphatic heterocycles. The first-order valence-corrected chi connectivity index (χ1v) is 6.78. The Morgan fingerprint density at radius 2 is 2.15 bits per heavy atom. The average Bonchev–Trinajstić information content (AvgIpc) is 2.42. The van der Waals surface area contributed by atoms with Crippen molar-refractivity contribution in [1.82, 2.24) is 9.97 Å². The van der Waals surface area contributed by atoms with Crippen molar-refractivity contribution in [3.05, 3.63) is 40.5 Å². The zero-order valence-electron chi connectivity index (χ0n) is 10.7. The third-order valence-electron chi connectivity index (χ3n) is 2.34. The Kier molecular flexibility index (Phi) is 4.84. The van der Waals surface area contributed by atoms with Gasteiger partial charge in [-0.1, -0.05) is 22.9 Å². The van der Waals surface area contributed by atoms with E-state index in [2.05, 4.69) is 31.2 Å². The number of halogens is 3. The van der Waals surface area contributed by atoms with Crippen LogP contribution in [0.25, 0.3) is 0 Å². The number of hydrogen-bond acceptors (Lipinski definition) is 4. The van der Waals surface area contributed by atoms with Crippen molar-refractivity contribution in [1.29, 1.82) is 0 Å². The molecule has 0 atom stereocenters. The smallest absolute Gasteiger partial charge is 0.225 e. The van der Waals surface area contributed by atoms with Crippen LogP contribution in [0.3, 0.4) is 0 Å². The van der Waals surface area contributed by atoms with Gasteiger partial charge in [0.05, 0.1) is 0 Å². The molecule has 0 aliphatic carbocycles. The fourth-order valence-corrected chi connectivity index (χ4v) is 1.85. The number of nitrogens with one attached hydrogen (secondary N) is 1. The highest BCUT2D eigenvalue weighted by atomic mass is 79.9. The highest BCUT2D eigenvalue weighted by molar-refractivity contribution is 9.10. The number of nitrogens with zero attached hydrogens (tertiary/aromatic N) is 2. The lowest BCUT2D eigenvalue weighted by Crippen LogP contribution is -2.04. The van der Waals surface area contributed by atoms with Crippen LogP contribution >= 0.6 is 15.9 Å². The molecule has 0 fully saturated rings. The molecule has 2 aromatic rings. The van der Waals surface area contributed by atoms with E-state index in [4.69, 9.17) is 4.74 Å². The number of ether oxygens (including phenoxy) is 1. The van der Waals surface area contributed by atoms with E-state index in [0.29, 0.717) is 17.0 Å². The van der Waals surface area contributed by atoms with E-state index >= 15 is 0 Å². The highest BCUT2D eigenvalue weighted by Crippen LogP contribution is 2.28. The molecular formula is C13H12BrF2N3O. The zero-order chi connectivity index (χ0) is 14.5. The predicted octanol–water partition coefficient (Wildman–Crippen LogP) is 4.13. The maximum absolute atomic E-state index is 13.6. The molecule has 1 aromatic heterocycles. The Morgan fingerprint density at radius 3 is 2.90 bits per heavy atom. The lowest BCUT2D eigenvalue weighted by Gasteiger charge is -2.08. The number of rotatable bonds is 5. The van der Waals surface area contributed by atoms with Crippen LogP contribution in [-0.2, 0) is 0 Å². The maximum atomic E-state index is 13.6. The number of benzene rings is 1. The molecule has 106 valence electrons. The predicted molar refractivity (Wildman–Crippen MR) is 74.9 cm³/mol. The van der Waals surface area contributed by atoms with Gasteiger partial charge < -0.3 is 10.1 Å². The summed E-state index contributed by atoms with van der Waals surface area (Å²) < 4.78 is 32.5. The standard InChI is InChI=1S/C13H12BrF2N3O/c1-2-4-17-13-18-5-3-11(19-13)20-10-7-8(14)6-9(15)12(10)16/h3,5-7H,2,4H2,1H3,(H,17,18,19). The lowest BCUT2D eigenvalue weighted by atomic mass is 10.3. The van der Waals surface area contributed by atoms with Gasteiger partial charge in [-0.3, -0.25) is 0 Å². The number of anilines is 1. The summed E-state index contributed by atoms with van der Waals surface area (Å²) in [6, 6.07) is 3.82. The Labute approximate surface area is 123 Å². The largest absolute Gasteiger partial charge is 0.436 e. The van der Waals surface area contributed by atoms with Gasteiger partial charge in [-0.2, -0.15) is 9.37 Å². The molecule has 0 saturated carbocycles. The first-order chi connectivity index (χ1) is 9.60. The monoisotopic (exact) mass is 343 g/mol. The van der Waals surface area contributed by atoms with E-state index in [-0.39, 0.29) is 11.6 Å². The first-order valence-electron chi connectivity index (χ1n) is 5.99. The molecule has 7 heteroatoms. The average molecular weight is 344 g/mol. The molecule has 1 N–H and O–H groups in total. The van der Waals surface area contributed by atoms with E-state index < -0.39 is 11.6 Å². The van der Waals surface area contributed by atoms with Crippen LogP contribution in [-0.4, -0.2) is 16.5 Å². The molecular weight excluding hydrogens is 332 g/mol. The Balaban J connectivity index is 2.21. The molecule has 1 heterocycles. The van der Waals surface area contributed by atoms with Gasteiger partial charge >= 0.3 is 0 Å². The molecule has 2 rings (SSSR count). The van der Waals surface area contributed by atoms with Gasteiger partial charge in [0.1, 0.15) is 0 Å². The van der Waals surface area contributed by atoms with Crippen LogP contribution < -0.4 is 10.1 Å². The number of hydrogen-bond donors (Lipinski definition) is 1. The summed E-state index contributed by atoms with van der Waals surface area (Å²) in [6.45, 7) is 2.72. The van der Waals surface area contributed by atoms with Crippen LogP contribution in [0.1, 0.15) is 13.3 Å². The molecule has 4 nitrogen and oxygen atoms in total. The quantitative estimate of drug-likeness (QED) is 0.829. The molecule has 0 unspecified atom stereocenters. The van der Waals surface area contributed by atoms with Crippen molar-refractivity contribution in [2.75, 3.05) is 11.9 Å². The van der Waals surface area contributed by atoms with Crippen LogP contribution in [0.15, 0.2) is 28.9 Å². The third-order valence-corrected chi connectivity index (χ3v) is 2.80. The van der Waals surface area contributed by atoms with Gasteiger partial charge in [0, 0.05) is 23.3 Å². The molecule has 1 aromatic carbocycles. The molecule has 0 aliphatic rings. The minimum atomic E-state index is -1.06. The SMILES string of the molecule is CCCNc1nccc(Oc2cc(Br)cc(F)c2F)n1. The van der Waals surface area contributed by atoms with Crippen molar-refractivity contribution in [3.63, 3.8) is 0 Å². The van der Waals surface area contributed by atoms with Gasteiger partial charge in [0.2, 0.25) is 17.6 Å². The second-order valence-corrected chi connectivity index (χ2v) is 4.86. The summed E-state index contributed by atoms with van der Waals surface area (Å²) in [7, 11) is 0. The topological polar surface area (TPSA) is 47.0 Å². The summed E-state index contributed by atoms with van der Waals surface area (Å²) >= 11 is 3.08. The zero-order valence-corrected chi connectivity index (χ0v) is 12.2. The Hall–Kier alpha value is -1.76. The Morgan fingerprint density at radius 1 is 1.35 bits per heavy atom. The minimum absolute atomic E-state index is 0.134. The first kappa shape index (κ1) is 14.6. The maximum Gasteiger partial charge on any atom is 0.225 e. The minimum Gasteiger partial charge on any atom is -0.436 e. The summed E-state index contributed by atoms with van der Waals surface area (Å²) in [5.41, 5.74) is 0. The van der Waals surface area contributed by atoms with E-state index in [1.807, 2.05) is 6.92 Å². The molecule has 0 bridgehead atoms. The van der Waals surface area contributed by atoms with Crippen LogP contribution in [0.2, 0.25) is 0 Å². The van der Waals surface area contributed by atoms with Gasteiger partial charge in [-0.05, 0) is 18.6 Å². The second-order valence-electron chi connectivity index (χ2n) is 3.95. The lowest BCUT2D eigenvalue weighted by molar-refractivity contribution is 0.404. The summed E-state index contributed by atoms with van der Waals surface area (Å²) in [6.07, 6.45) is 2.40. The second kappa shape index (κ2) is 6.60. The van der Waals surface area contributed by atoms with Gasteiger partial charge in [-0.25, -0.2) is 9.37 Å². The van der Waals surface area contributed by atoms with Crippen LogP contribution in [0.5, 0.6) is 11.6 Å². The number of aromatic nitrogens is 2. The van der Waals surface area contributed by atoms with E-state index in [0.717, 1.165) is 12.5 Å². The van der Waals surface area contributed by atoms with Crippen LogP contribution in [0.4, 0.5) is 14.7 Å². The van der Waals surface area contributed by atoms with Crippen molar-refractivity contribution >= 4 is 21.9 Å². The van der Waals surface area contributed by atoms with Gasteiger partial charge in [0.25, 0.3) is 0 Å². The normalized spacial score (nSPS) is 10.4. The van der Waals surface area contributed by atoms with Gasteiger partial charge in [-0.15, -0.1) is 0 Å². The summed E-state index contributed by atoms with van der Waals surface area (Å²) in [5.74, 6) is -1.78. The van der Waals surface area contributed by atoms with Crippen molar-refractivity contribution in [3.8, 4) is 11.6 Å². The molecule has 0 radical (unpaired) electrons. The fourth-order valence-electron chi connectivity index (χ4n) is 1.44. The van der Waals surface area contributed by atoms with E-state index in [1.165, 1.54) is 18.3 Å². The molecule has 0 saturated heterocycles. The third kappa shape index (κ3) is 3.63. The van der Waals surface area contributed by atoms with Crippen LogP contribution in [0, 0.1) is 11.6 Å². The summed E-state index contributed by atoms with van der Waals surface area (Å²) in [5, 5.41) is 2.98. The van der Waals surface area contributed by atoms with E-state index in [9.17, 15) is 8.78 Å². The molecule has 0 amide bonds. The highest BCUT2D eigenvalue weighted by Gasteiger charge is 2.13. The van der Waals surface area contributed by atoms with Gasteiger partial charge in [0.15, 0.2) is 11.6 Å². The van der Waals surface area contributed by atoms with Crippen molar-refractivity contribution < 1.29 is 13.5 Å². The Bertz CT molecular complexity index is 610. The summed E-state index contributed by atoms with van der Waals surface area (Å²) in [4.78, 5) is 8.05. The van der Waals surface area contributed by atoms with Crippen molar-refractivity contribution in [2.24, 2.45) is 0 Å². The van der Waals surface area contributed by atoms with Crippen molar-refractivity contribution in [2.45, 2.75) is 13.3 Å². The molecule has 0 spiro atoms. The molecule has 20 heavy (non-hydrogen) atoms. The van der Waals surface area contributed by atoms with E-state index in [1.54, 1.807) is 0 Å².